The number of nitrogens with zero attached hydrogens (tertiary/aromatic N) is 1. The highest BCUT2D eigenvalue weighted by atomic mass is 19.4. The Labute approximate surface area is 92.6 Å². The number of hydrogen-bond donors (Lipinski definition) is 1. The van der Waals surface area contributed by atoms with Crippen LogP contribution in [0.15, 0.2) is 12.1 Å². The highest BCUT2D eigenvalue weighted by Crippen LogP contribution is 2.36. The number of nitro groups is 1. The van der Waals surface area contributed by atoms with E-state index in [0.717, 1.165) is 6.92 Å². The van der Waals surface area contributed by atoms with Gasteiger partial charge in [-0.3, -0.25) is 10.1 Å². The molecule has 1 rings (SSSR count). The molecule has 0 aliphatic rings. The summed E-state index contributed by atoms with van der Waals surface area (Å²) in [6, 6.07) is 0.933. The van der Waals surface area contributed by atoms with Crippen LogP contribution < -0.4 is 0 Å². The van der Waals surface area contributed by atoms with Crippen molar-refractivity contribution >= 4 is 5.69 Å². The molecule has 1 N–H and O–H groups in total. The predicted molar refractivity (Wildman–Crippen MR) is 48.7 cm³/mol. The van der Waals surface area contributed by atoms with Crippen LogP contribution in [0.5, 0.6) is 0 Å². The van der Waals surface area contributed by atoms with E-state index < -0.39 is 34.3 Å². The van der Waals surface area contributed by atoms with Crippen molar-refractivity contribution in [1.82, 2.24) is 0 Å². The second-order valence-corrected chi connectivity index (χ2v) is 3.33. The van der Waals surface area contributed by atoms with Gasteiger partial charge in [-0.05, 0) is 18.6 Å². The van der Waals surface area contributed by atoms with Gasteiger partial charge in [-0.15, -0.1) is 0 Å². The van der Waals surface area contributed by atoms with Crippen molar-refractivity contribution in [1.29, 1.82) is 0 Å². The highest BCUT2D eigenvalue weighted by Gasteiger charge is 2.38. The molecular formula is C9H7F4NO3. The standard InChI is InChI=1S/C9H7F4NO3/c1-4(15)5-2-6(9(11,12)13)8(10)7(3-5)14(16)17/h2-4,15H,1H3. The zero-order chi connectivity index (χ0) is 13.4. The molecule has 8 heteroatoms. The van der Waals surface area contributed by atoms with E-state index in [2.05, 4.69) is 0 Å². The summed E-state index contributed by atoms with van der Waals surface area (Å²) in [5.41, 5.74) is -3.44. The third kappa shape index (κ3) is 2.70. The largest absolute Gasteiger partial charge is 0.419 e. The first-order valence-corrected chi connectivity index (χ1v) is 4.37. The average molecular weight is 253 g/mol. The van der Waals surface area contributed by atoms with Crippen molar-refractivity contribution in [3.05, 3.63) is 39.2 Å². The van der Waals surface area contributed by atoms with Gasteiger partial charge in [0.15, 0.2) is 0 Å². The van der Waals surface area contributed by atoms with Crippen LogP contribution in [0, 0.1) is 15.9 Å². The predicted octanol–water partition coefficient (Wildman–Crippen LogP) is 2.81. The fourth-order valence-corrected chi connectivity index (χ4v) is 1.21. The zero-order valence-electron chi connectivity index (χ0n) is 8.45. The second kappa shape index (κ2) is 4.28. The fourth-order valence-electron chi connectivity index (χ4n) is 1.21. The fraction of sp³-hybridized carbons (Fsp3) is 0.333. The van der Waals surface area contributed by atoms with Gasteiger partial charge in [-0.1, -0.05) is 0 Å². The van der Waals surface area contributed by atoms with Crippen LogP contribution in [0.3, 0.4) is 0 Å². The second-order valence-electron chi connectivity index (χ2n) is 3.33. The molecule has 0 aliphatic heterocycles. The van der Waals surface area contributed by atoms with Crippen LogP contribution in [-0.2, 0) is 6.18 Å². The SMILES string of the molecule is CC(O)c1cc([N+](=O)[O-])c(F)c(C(F)(F)F)c1. The number of halogens is 4. The summed E-state index contributed by atoms with van der Waals surface area (Å²) in [4.78, 5) is 9.12. The van der Waals surface area contributed by atoms with E-state index in [0.29, 0.717) is 12.1 Å². The van der Waals surface area contributed by atoms with Crippen molar-refractivity contribution < 1.29 is 27.6 Å². The Morgan fingerprint density at radius 2 is 1.94 bits per heavy atom. The van der Waals surface area contributed by atoms with Gasteiger partial charge in [0.25, 0.3) is 0 Å². The molecule has 94 valence electrons. The molecule has 0 radical (unpaired) electrons. The van der Waals surface area contributed by atoms with Gasteiger partial charge in [0, 0.05) is 6.07 Å². The molecular weight excluding hydrogens is 246 g/mol. The molecule has 1 aromatic rings. The van der Waals surface area contributed by atoms with E-state index in [1.54, 1.807) is 0 Å². The van der Waals surface area contributed by atoms with E-state index >= 15 is 0 Å². The third-order valence-corrected chi connectivity index (χ3v) is 2.06. The molecule has 1 aromatic carbocycles. The first kappa shape index (κ1) is 13.4. The van der Waals surface area contributed by atoms with Crippen LogP contribution in [0.4, 0.5) is 23.2 Å². The van der Waals surface area contributed by atoms with Crippen molar-refractivity contribution in [2.24, 2.45) is 0 Å². The topological polar surface area (TPSA) is 63.4 Å². The summed E-state index contributed by atoms with van der Waals surface area (Å²) in [5, 5.41) is 19.5. The Morgan fingerprint density at radius 1 is 1.41 bits per heavy atom. The molecule has 0 bridgehead atoms. The van der Waals surface area contributed by atoms with Gasteiger partial charge in [-0.25, -0.2) is 0 Å². The highest BCUT2D eigenvalue weighted by molar-refractivity contribution is 5.43. The van der Waals surface area contributed by atoms with E-state index in [1.807, 2.05) is 0 Å². The zero-order valence-corrected chi connectivity index (χ0v) is 8.45. The lowest BCUT2D eigenvalue weighted by molar-refractivity contribution is -0.388. The maximum absolute atomic E-state index is 13.2. The lowest BCUT2D eigenvalue weighted by Gasteiger charge is -2.11. The first-order chi connectivity index (χ1) is 7.64. The Bertz CT molecular complexity index is 456. The van der Waals surface area contributed by atoms with Crippen LogP contribution in [0.25, 0.3) is 0 Å². The lowest BCUT2D eigenvalue weighted by Crippen LogP contribution is -2.11. The summed E-state index contributed by atoms with van der Waals surface area (Å²) in [7, 11) is 0. The quantitative estimate of drug-likeness (QED) is 0.500. The number of hydrogen-bond acceptors (Lipinski definition) is 3. The van der Waals surface area contributed by atoms with Crippen LogP contribution in [0.1, 0.15) is 24.2 Å². The summed E-state index contributed by atoms with van der Waals surface area (Å²) in [6.07, 6.45) is -6.42. The molecule has 0 spiro atoms. The van der Waals surface area contributed by atoms with Crippen molar-refractivity contribution in [3.8, 4) is 0 Å². The van der Waals surface area contributed by atoms with Gasteiger partial charge in [0.1, 0.15) is 0 Å². The molecule has 0 aromatic heterocycles. The Morgan fingerprint density at radius 3 is 2.29 bits per heavy atom. The van der Waals surface area contributed by atoms with Crippen LogP contribution >= 0.6 is 0 Å². The van der Waals surface area contributed by atoms with Gasteiger partial charge < -0.3 is 5.11 Å². The van der Waals surface area contributed by atoms with Gasteiger partial charge in [0.05, 0.1) is 16.6 Å². The van der Waals surface area contributed by atoms with Gasteiger partial charge in [-0.2, -0.15) is 17.6 Å². The molecule has 1 unspecified atom stereocenters. The molecule has 0 fully saturated rings. The van der Waals surface area contributed by atoms with E-state index in [4.69, 9.17) is 5.11 Å². The smallest absolute Gasteiger partial charge is 0.389 e. The van der Waals surface area contributed by atoms with Crippen LogP contribution in [-0.4, -0.2) is 10.0 Å². The van der Waals surface area contributed by atoms with Gasteiger partial charge in [0.2, 0.25) is 5.82 Å². The van der Waals surface area contributed by atoms with E-state index in [9.17, 15) is 27.7 Å². The molecule has 0 amide bonds. The Hall–Kier alpha value is -1.70. The molecule has 0 aliphatic carbocycles. The minimum Gasteiger partial charge on any atom is -0.389 e. The summed E-state index contributed by atoms with van der Waals surface area (Å²) >= 11 is 0. The number of rotatable bonds is 2. The normalized spacial score (nSPS) is 13.5. The van der Waals surface area contributed by atoms with E-state index in [-0.39, 0.29) is 5.56 Å². The molecule has 4 nitrogen and oxygen atoms in total. The molecule has 1 atom stereocenters. The van der Waals surface area contributed by atoms with Crippen molar-refractivity contribution in [2.45, 2.75) is 19.2 Å². The Kier molecular flexibility index (Phi) is 3.37. The average Bonchev–Trinajstić information content (AvgIpc) is 2.15. The number of nitro benzene ring substituents is 1. The minimum absolute atomic E-state index is 0.354. The molecule has 0 saturated carbocycles. The van der Waals surface area contributed by atoms with Gasteiger partial charge >= 0.3 is 11.9 Å². The number of alkyl halides is 3. The number of aliphatic hydroxyl groups is 1. The summed E-state index contributed by atoms with van der Waals surface area (Å²) in [5.74, 6) is -1.95. The van der Waals surface area contributed by atoms with Crippen molar-refractivity contribution in [2.75, 3.05) is 0 Å². The first-order valence-electron chi connectivity index (χ1n) is 4.37. The van der Waals surface area contributed by atoms with Crippen molar-refractivity contribution in [3.63, 3.8) is 0 Å². The summed E-state index contributed by atoms with van der Waals surface area (Å²) < 4.78 is 50.4. The molecule has 0 saturated heterocycles. The van der Waals surface area contributed by atoms with Crippen LogP contribution in [0.2, 0.25) is 0 Å². The maximum Gasteiger partial charge on any atom is 0.419 e. The Balaban J connectivity index is 3.55. The maximum atomic E-state index is 13.2. The lowest BCUT2D eigenvalue weighted by atomic mass is 10.0. The number of benzene rings is 1. The third-order valence-electron chi connectivity index (χ3n) is 2.06. The monoisotopic (exact) mass is 253 g/mol. The van der Waals surface area contributed by atoms with E-state index in [1.165, 1.54) is 0 Å². The summed E-state index contributed by atoms with van der Waals surface area (Å²) in [6.45, 7) is 1.12. The minimum atomic E-state index is -5.06. The molecule has 0 heterocycles. The number of aliphatic hydroxyl groups excluding tert-OH is 1. The molecule has 17 heavy (non-hydrogen) atoms.